The van der Waals surface area contributed by atoms with Crippen molar-refractivity contribution in [3.63, 3.8) is 0 Å². The van der Waals surface area contributed by atoms with E-state index < -0.39 is 27.7 Å². The summed E-state index contributed by atoms with van der Waals surface area (Å²) in [5.41, 5.74) is 1.46. The molecule has 0 saturated heterocycles. The molecule has 0 bridgehead atoms. The average molecular weight is 308 g/mol. The zero-order valence-corrected chi connectivity index (χ0v) is 12.4. The summed E-state index contributed by atoms with van der Waals surface area (Å²) in [4.78, 5) is 12.4. The van der Waals surface area contributed by atoms with E-state index >= 15 is 0 Å². The first-order chi connectivity index (χ1) is 9.90. The Morgan fingerprint density at radius 3 is 2.24 bits per heavy atom. The van der Waals surface area contributed by atoms with Gasteiger partial charge in [0.05, 0.1) is 16.0 Å². The van der Waals surface area contributed by atoms with Crippen molar-refractivity contribution in [1.29, 1.82) is 0 Å². The van der Waals surface area contributed by atoms with Crippen LogP contribution in [0.2, 0.25) is 0 Å². The Morgan fingerprint density at radius 2 is 1.67 bits per heavy atom. The van der Waals surface area contributed by atoms with E-state index in [2.05, 4.69) is 0 Å². The molecule has 2 aromatic rings. The van der Waals surface area contributed by atoms with Crippen molar-refractivity contribution in [3.05, 3.63) is 65.2 Å². The third-order valence-electron chi connectivity index (χ3n) is 3.15. The maximum absolute atomic E-state index is 13.2. The van der Waals surface area contributed by atoms with Crippen LogP contribution in [0.15, 0.2) is 47.4 Å². The molecule has 5 heteroatoms. The lowest BCUT2D eigenvalue weighted by molar-refractivity contribution is 0.0992. The third kappa shape index (κ3) is 3.42. The lowest BCUT2D eigenvalue weighted by Crippen LogP contribution is -2.23. The molecule has 21 heavy (non-hydrogen) atoms. The summed E-state index contributed by atoms with van der Waals surface area (Å²) in [5.74, 6) is -2.37. The number of hydrogen-bond acceptors (Lipinski definition) is 2. The Kier molecular flexibility index (Phi) is 4.63. The number of rotatable bonds is 4. The number of aryl methyl sites for hydroxylation is 1. The minimum atomic E-state index is -1.74. The number of Topliss-reactive ketones (excluding diaryl/α,β-unsaturated/α-hetero) is 1. The van der Waals surface area contributed by atoms with Crippen LogP contribution >= 0.6 is 0 Å². The molecule has 2 unspecified atom stereocenters. The maximum atomic E-state index is 13.2. The molecule has 0 aliphatic carbocycles. The SMILES string of the molecule is Cc1ccc(C(=O)C(C)S(=O)c2ccc(F)c(F)c2)cc1. The molecule has 0 amide bonds. The largest absolute Gasteiger partial charge is 0.293 e. The quantitative estimate of drug-likeness (QED) is 0.808. The lowest BCUT2D eigenvalue weighted by atomic mass is 10.1. The van der Waals surface area contributed by atoms with Crippen LogP contribution in [0.4, 0.5) is 8.78 Å². The highest BCUT2D eigenvalue weighted by Gasteiger charge is 2.23. The van der Waals surface area contributed by atoms with Gasteiger partial charge in [-0.15, -0.1) is 0 Å². The molecule has 2 nitrogen and oxygen atoms in total. The van der Waals surface area contributed by atoms with Crippen LogP contribution in [0, 0.1) is 18.6 Å². The highest BCUT2D eigenvalue weighted by Crippen LogP contribution is 2.18. The smallest absolute Gasteiger partial charge is 0.178 e. The zero-order valence-electron chi connectivity index (χ0n) is 11.6. The number of carbonyl (C=O) groups excluding carboxylic acids is 1. The van der Waals surface area contributed by atoms with Gasteiger partial charge in [-0.2, -0.15) is 0 Å². The van der Waals surface area contributed by atoms with Gasteiger partial charge in [0.1, 0.15) is 0 Å². The number of benzene rings is 2. The fourth-order valence-corrected chi connectivity index (χ4v) is 3.02. The molecule has 0 heterocycles. The van der Waals surface area contributed by atoms with Gasteiger partial charge in [-0.3, -0.25) is 9.00 Å². The van der Waals surface area contributed by atoms with Gasteiger partial charge in [0.25, 0.3) is 0 Å². The van der Waals surface area contributed by atoms with E-state index in [4.69, 9.17) is 0 Å². The van der Waals surface area contributed by atoms with Crippen LogP contribution in [0.25, 0.3) is 0 Å². The fourth-order valence-electron chi connectivity index (χ4n) is 1.86. The molecule has 0 aliphatic heterocycles. The molecule has 2 rings (SSSR count). The van der Waals surface area contributed by atoms with Crippen molar-refractivity contribution in [2.24, 2.45) is 0 Å². The Balaban J connectivity index is 2.24. The van der Waals surface area contributed by atoms with Crippen molar-refractivity contribution in [2.75, 3.05) is 0 Å². The predicted octanol–water partition coefficient (Wildman–Crippen LogP) is 3.65. The summed E-state index contributed by atoms with van der Waals surface area (Å²) in [6, 6.07) is 9.91. The lowest BCUT2D eigenvalue weighted by Gasteiger charge is -2.11. The van der Waals surface area contributed by atoms with Gasteiger partial charge < -0.3 is 0 Å². The molecule has 110 valence electrons. The molecular formula is C16H14F2O2S. The molecule has 2 aromatic carbocycles. The fraction of sp³-hybridized carbons (Fsp3) is 0.188. The van der Waals surface area contributed by atoms with Crippen LogP contribution in [0.3, 0.4) is 0 Å². The summed E-state index contributed by atoms with van der Waals surface area (Å²) >= 11 is 0. The number of hydrogen-bond donors (Lipinski definition) is 0. The monoisotopic (exact) mass is 308 g/mol. The number of carbonyl (C=O) groups is 1. The van der Waals surface area contributed by atoms with Crippen molar-refractivity contribution < 1.29 is 17.8 Å². The van der Waals surface area contributed by atoms with Crippen LogP contribution in [0.5, 0.6) is 0 Å². The summed E-state index contributed by atoms with van der Waals surface area (Å²) in [6.07, 6.45) is 0. The summed E-state index contributed by atoms with van der Waals surface area (Å²) in [5, 5.41) is -0.836. The third-order valence-corrected chi connectivity index (χ3v) is 4.72. The van der Waals surface area contributed by atoms with Crippen LogP contribution in [0.1, 0.15) is 22.8 Å². The Hall–Kier alpha value is -1.88. The highest BCUT2D eigenvalue weighted by molar-refractivity contribution is 7.86. The molecule has 0 radical (unpaired) electrons. The summed E-state index contributed by atoms with van der Waals surface area (Å²) < 4.78 is 38.4. The van der Waals surface area contributed by atoms with Crippen LogP contribution in [-0.2, 0) is 10.8 Å². The Bertz CT molecular complexity index is 696. The average Bonchev–Trinajstić information content (AvgIpc) is 2.48. The van der Waals surface area contributed by atoms with Crippen LogP contribution < -0.4 is 0 Å². The molecule has 0 spiro atoms. The van der Waals surface area contributed by atoms with Gasteiger partial charge in [0.15, 0.2) is 17.4 Å². The molecule has 2 atom stereocenters. The molecule has 0 fully saturated rings. The molecule has 0 aromatic heterocycles. The van der Waals surface area contributed by atoms with Crippen molar-refractivity contribution >= 4 is 16.6 Å². The topological polar surface area (TPSA) is 34.1 Å². The van der Waals surface area contributed by atoms with E-state index in [0.717, 1.165) is 17.7 Å². The van der Waals surface area contributed by atoms with Crippen LogP contribution in [-0.4, -0.2) is 15.2 Å². The minimum absolute atomic E-state index is 0.0989. The van der Waals surface area contributed by atoms with Gasteiger partial charge in [0, 0.05) is 10.5 Å². The summed E-state index contributed by atoms with van der Waals surface area (Å²) in [6.45, 7) is 3.41. The van der Waals surface area contributed by atoms with E-state index in [1.54, 1.807) is 24.3 Å². The predicted molar refractivity (Wildman–Crippen MR) is 77.7 cm³/mol. The molecular weight excluding hydrogens is 294 g/mol. The standard InChI is InChI=1S/C16H14F2O2S/c1-10-3-5-12(6-4-10)16(19)11(2)21(20)13-7-8-14(17)15(18)9-13/h3-9,11H,1-2H3. The number of ketones is 1. The number of halogens is 2. The van der Waals surface area contributed by atoms with Gasteiger partial charge in [0.2, 0.25) is 0 Å². The first kappa shape index (κ1) is 15.5. The Labute approximate surface area is 124 Å². The van der Waals surface area contributed by atoms with Gasteiger partial charge in [-0.05, 0) is 32.0 Å². The highest BCUT2D eigenvalue weighted by atomic mass is 32.2. The minimum Gasteiger partial charge on any atom is -0.293 e. The van der Waals surface area contributed by atoms with Crippen molar-refractivity contribution in [2.45, 2.75) is 24.0 Å². The molecule has 0 N–H and O–H groups in total. The van der Waals surface area contributed by atoms with Crippen molar-refractivity contribution in [1.82, 2.24) is 0 Å². The Morgan fingerprint density at radius 1 is 1.05 bits per heavy atom. The zero-order chi connectivity index (χ0) is 15.6. The van der Waals surface area contributed by atoms with Gasteiger partial charge >= 0.3 is 0 Å². The molecule has 0 aliphatic rings. The normalized spacial score (nSPS) is 13.7. The van der Waals surface area contributed by atoms with Crippen molar-refractivity contribution in [3.8, 4) is 0 Å². The van der Waals surface area contributed by atoms with E-state index in [-0.39, 0.29) is 10.7 Å². The second-order valence-corrected chi connectivity index (χ2v) is 6.52. The van der Waals surface area contributed by atoms with E-state index in [0.29, 0.717) is 5.56 Å². The second-order valence-electron chi connectivity index (χ2n) is 4.75. The molecule has 0 saturated carbocycles. The first-order valence-electron chi connectivity index (χ1n) is 6.36. The van der Waals surface area contributed by atoms with Gasteiger partial charge in [-0.25, -0.2) is 8.78 Å². The van der Waals surface area contributed by atoms with E-state index in [1.807, 2.05) is 6.92 Å². The van der Waals surface area contributed by atoms with Gasteiger partial charge in [-0.1, -0.05) is 29.8 Å². The first-order valence-corrected chi connectivity index (χ1v) is 7.58. The van der Waals surface area contributed by atoms with E-state index in [1.165, 1.54) is 13.0 Å². The second kappa shape index (κ2) is 6.26. The summed E-state index contributed by atoms with van der Waals surface area (Å²) in [7, 11) is -1.74. The maximum Gasteiger partial charge on any atom is 0.178 e. The van der Waals surface area contributed by atoms with E-state index in [9.17, 15) is 17.8 Å².